The van der Waals surface area contributed by atoms with Crippen LogP contribution in [0, 0.1) is 5.82 Å². The van der Waals surface area contributed by atoms with Crippen molar-refractivity contribution in [2.45, 2.75) is 37.8 Å². The van der Waals surface area contributed by atoms with Crippen molar-refractivity contribution in [2.75, 3.05) is 17.6 Å². The van der Waals surface area contributed by atoms with Crippen LogP contribution in [-0.4, -0.2) is 57.8 Å². The fourth-order valence-electron chi connectivity index (χ4n) is 3.43. The number of carbonyl (C=O) groups is 4. The van der Waals surface area contributed by atoms with Crippen molar-refractivity contribution in [3.8, 4) is 0 Å². The van der Waals surface area contributed by atoms with Crippen molar-refractivity contribution in [1.29, 1.82) is 0 Å². The molecule has 35 heavy (non-hydrogen) atoms. The number of aromatic carboxylic acids is 1. The Kier molecular flexibility index (Phi) is 8.00. The molecule has 2 aromatic rings. The van der Waals surface area contributed by atoms with E-state index in [1.54, 1.807) is 32.9 Å². The molecule has 0 radical (unpaired) electrons. The molecule has 0 aliphatic carbocycles. The number of halogens is 1. The highest BCUT2D eigenvalue weighted by Crippen LogP contribution is 2.42. The summed E-state index contributed by atoms with van der Waals surface area (Å²) in [5.74, 6) is -2.69. The van der Waals surface area contributed by atoms with E-state index >= 15 is 0 Å². The lowest BCUT2D eigenvalue weighted by molar-refractivity contribution is -0.163. The number of hydrogen-bond acceptors (Lipinski definition) is 6. The molecule has 2 aromatic carbocycles. The smallest absolute Gasteiger partial charge is 0.335 e. The standard InChI is InChI=1S/C24H26FN3O6S/c1-24(2,3)34-22(32)18-13-35-20(16-9-4-5-10-17(16)25)28(18)19(29)12-26-23(33)27-15-8-6-7-14(11-15)21(30)31/h4-11,18,20H,12-13H2,1-3H3,(H,30,31)(H2,26,27,33). The van der Waals surface area contributed by atoms with Crippen LogP contribution < -0.4 is 10.6 Å². The number of nitrogens with zero attached hydrogens (tertiary/aromatic N) is 1. The van der Waals surface area contributed by atoms with Gasteiger partial charge in [0.05, 0.1) is 12.1 Å². The summed E-state index contributed by atoms with van der Waals surface area (Å²) in [5, 5.41) is 13.2. The summed E-state index contributed by atoms with van der Waals surface area (Å²) in [7, 11) is 0. The number of hydrogen-bond donors (Lipinski definition) is 3. The molecular formula is C24H26FN3O6S. The lowest BCUT2D eigenvalue weighted by Crippen LogP contribution is -2.49. The summed E-state index contributed by atoms with van der Waals surface area (Å²) in [4.78, 5) is 50.7. The molecule has 0 bridgehead atoms. The van der Waals surface area contributed by atoms with Gasteiger partial charge in [0, 0.05) is 17.0 Å². The second-order valence-electron chi connectivity index (χ2n) is 8.75. The van der Waals surface area contributed by atoms with Crippen LogP contribution in [0.25, 0.3) is 0 Å². The molecule has 1 aliphatic rings. The zero-order valence-electron chi connectivity index (χ0n) is 19.4. The summed E-state index contributed by atoms with van der Waals surface area (Å²) >= 11 is 1.23. The van der Waals surface area contributed by atoms with Gasteiger partial charge in [-0.1, -0.05) is 24.3 Å². The van der Waals surface area contributed by atoms with Crippen LogP contribution in [-0.2, 0) is 14.3 Å². The number of anilines is 1. The predicted molar refractivity (Wildman–Crippen MR) is 129 cm³/mol. The summed E-state index contributed by atoms with van der Waals surface area (Å²) in [6, 6.07) is 9.88. The zero-order chi connectivity index (χ0) is 25.8. The van der Waals surface area contributed by atoms with E-state index in [0.717, 1.165) is 0 Å². The van der Waals surface area contributed by atoms with Gasteiger partial charge in [-0.25, -0.2) is 18.8 Å². The number of esters is 1. The van der Waals surface area contributed by atoms with Gasteiger partial charge in [-0.15, -0.1) is 11.8 Å². The average Bonchev–Trinajstić information content (AvgIpc) is 3.22. The molecule has 1 aliphatic heterocycles. The molecule has 1 heterocycles. The van der Waals surface area contributed by atoms with Crippen molar-refractivity contribution in [2.24, 2.45) is 0 Å². The molecular weight excluding hydrogens is 477 g/mol. The molecule has 186 valence electrons. The minimum Gasteiger partial charge on any atom is -0.478 e. The van der Waals surface area contributed by atoms with Crippen LogP contribution >= 0.6 is 11.8 Å². The Balaban J connectivity index is 1.74. The van der Waals surface area contributed by atoms with Crippen LogP contribution in [0.2, 0.25) is 0 Å². The van der Waals surface area contributed by atoms with Crippen molar-refractivity contribution in [1.82, 2.24) is 10.2 Å². The van der Waals surface area contributed by atoms with Gasteiger partial charge in [0.15, 0.2) is 0 Å². The average molecular weight is 504 g/mol. The van der Waals surface area contributed by atoms with Gasteiger partial charge in [0.25, 0.3) is 0 Å². The molecule has 3 amide bonds. The number of thioether (sulfide) groups is 1. The molecule has 11 heteroatoms. The molecule has 1 saturated heterocycles. The third kappa shape index (κ3) is 6.72. The Bertz CT molecular complexity index is 1140. The largest absolute Gasteiger partial charge is 0.478 e. The number of rotatable bonds is 6. The maximum Gasteiger partial charge on any atom is 0.335 e. The first-order chi connectivity index (χ1) is 16.5. The van der Waals surface area contributed by atoms with E-state index in [2.05, 4.69) is 10.6 Å². The number of carboxylic acids is 1. The van der Waals surface area contributed by atoms with E-state index in [-0.39, 0.29) is 22.6 Å². The lowest BCUT2D eigenvalue weighted by atomic mass is 10.1. The van der Waals surface area contributed by atoms with E-state index in [1.807, 2.05) is 0 Å². The van der Waals surface area contributed by atoms with E-state index in [0.29, 0.717) is 0 Å². The van der Waals surface area contributed by atoms with Crippen molar-refractivity contribution in [3.63, 3.8) is 0 Å². The second-order valence-corrected chi connectivity index (χ2v) is 9.86. The van der Waals surface area contributed by atoms with Crippen molar-refractivity contribution < 1.29 is 33.4 Å². The molecule has 3 N–H and O–H groups in total. The van der Waals surface area contributed by atoms with Crippen LogP contribution in [0.5, 0.6) is 0 Å². The Hall–Kier alpha value is -3.60. The Morgan fingerprint density at radius 3 is 2.51 bits per heavy atom. The third-order valence-electron chi connectivity index (χ3n) is 4.91. The minimum absolute atomic E-state index is 0.0131. The van der Waals surface area contributed by atoms with Crippen molar-refractivity contribution in [3.05, 3.63) is 65.5 Å². The quantitative estimate of drug-likeness (QED) is 0.514. The van der Waals surface area contributed by atoms with E-state index in [4.69, 9.17) is 9.84 Å². The highest BCUT2D eigenvalue weighted by molar-refractivity contribution is 7.99. The lowest BCUT2D eigenvalue weighted by Gasteiger charge is -2.30. The maximum absolute atomic E-state index is 14.5. The van der Waals surface area contributed by atoms with E-state index < -0.39 is 53.3 Å². The molecule has 0 spiro atoms. The number of ether oxygens (including phenoxy) is 1. The number of carboxylic acid groups (broad SMARTS) is 1. The van der Waals surface area contributed by atoms with Gasteiger partial charge < -0.3 is 25.4 Å². The van der Waals surface area contributed by atoms with Crippen LogP contribution in [0.15, 0.2) is 48.5 Å². The van der Waals surface area contributed by atoms with Gasteiger partial charge in [-0.2, -0.15) is 0 Å². The van der Waals surface area contributed by atoms with Gasteiger partial charge in [0.2, 0.25) is 5.91 Å². The Morgan fingerprint density at radius 2 is 1.86 bits per heavy atom. The summed E-state index contributed by atoms with van der Waals surface area (Å²) < 4.78 is 20.0. The van der Waals surface area contributed by atoms with Crippen LogP contribution in [0.3, 0.4) is 0 Å². The molecule has 9 nitrogen and oxygen atoms in total. The zero-order valence-corrected chi connectivity index (χ0v) is 20.2. The summed E-state index contributed by atoms with van der Waals surface area (Å²) in [6.45, 7) is 4.64. The van der Waals surface area contributed by atoms with Crippen molar-refractivity contribution >= 4 is 41.3 Å². The molecule has 3 rings (SSSR count). The second kappa shape index (κ2) is 10.8. The molecule has 1 fully saturated rings. The minimum atomic E-state index is -1.15. The van der Waals surface area contributed by atoms with E-state index in [9.17, 15) is 23.6 Å². The normalized spacial score (nSPS) is 17.5. The van der Waals surface area contributed by atoms with Crippen LogP contribution in [0.1, 0.15) is 42.1 Å². The van der Waals surface area contributed by atoms with Crippen LogP contribution in [0.4, 0.5) is 14.9 Å². The summed E-state index contributed by atoms with van der Waals surface area (Å²) in [6.07, 6.45) is 0. The van der Waals surface area contributed by atoms with Gasteiger partial charge in [-0.05, 0) is 45.0 Å². The number of amides is 3. The fraction of sp³-hybridized carbons (Fsp3) is 0.333. The van der Waals surface area contributed by atoms with E-state index in [1.165, 1.54) is 53.1 Å². The maximum atomic E-state index is 14.5. The molecule has 2 atom stereocenters. The Labute approximate surface area is 206 Å². The monoisotopic (exact) mass is 503 g/mol. The first-order valence-electron chi connectivity index (χ1n) is 10.7. The van der Waals surface area contributed by atoms with Gasteiger partial charge >= 0.3 is 18.0 Å². The fourth-order valence-corrected chi connectivity index (χ4v) is 4.89. The topological polar surface area (TPSA) is 125 Å². The number of benzene rings is 2. The number of urea groups is 1. The molecule has 0 aromatic heterocycles. The number of nitrogens with one attached hydrogen (secondary N) is 2. The highest BCUT2D eigenvalue weighted by atomic mass is 32.2. The SMILES string of the molecule is CC(C)(C)OC(=O)C1CSC(c2ccccc2F)N1C(=O)CNC(=O)Nc1cccc(C(=O)O)c1. The third-order valence-corrected chi connectivity index (χ3v) is 6.21. The summed E-state index contributed by atoms with van der Waals surface area (Å²) in [5.41, 5.74) is -0.329. The van der Waals surface area contributed by atoms with Gasteiger partial charge in [0.1, 0.15) is 22.8 Å². The van der Waals surface area contributed by atoms with Gasteiger partial charge in [-0.3, -0.25) is 4.79 Å². The Morgan fingerprint density at radius 1 is 1.14 bits per heavy atom. The number of carbonyl (C=O) groups excluding carboxylic acids is 3. The molecule has 2 unspecified atom stereocenters. The highest BCUT2D eigenvalue weighted by Gasteiger charge is 2.44. The first kappa shape index (κ1) is 26.0. The predicted octanol–water partition coefficient (Wildman–Crippen LogP) is 3.63. The first-order valence-corrected chi connectivity index (χ1v) is 11.8. The molecule has 0 saturated carbocycles.